The first-order chi connectivity index (χ1) is 16.6. The smallest absolute Gasteiger partial charge is 0.225 e. The number of methoxy groups -OCH3 is 1. The molecule has 0 spiro atoms. The van der Waals surface area contributed by atoms with Crippen LogP contribution in [0, 0.1) is 12.8 Å². The molecule has 2 atom stereocenters. The SMILES string of the molecule is COc1ccc2c(c1)N1CCN(c3ccc(C)cc3)C[C@@H]1[C@H](C(=O)NCCc1ccccc1)C2. The Morgan fingerprint density at radius 3 is 2.59 bits per heavy atom. The topological polar surface area (TPSA) is 44.8 Å². The summed E-state index contributed by atoms with van der Waals surface area (Å²) in [6.07, 6.45) is 1.59. The first-order valence-corrected chi connectivity index (χ1v) is 12.2. The predicted octanol–water partition coefficient (Wildman–Crippen LogP) is 4.23. The molecule has 5 nitrogen and oxygen atoms in total. The Morgan fingerprint density at radius 1 is 1.03 bits per heavy atom. The Bertz CT molecular complexity index is 1130. The lowest BCUT2D eigenvalue weighted by atomic mass is 9.83. The minimum Gasteiger partial charge on any atom is -0.497 e. The van der Waals surface area contributed by atoms with Gasteiger partial charge in [0.2, 0.25) is 5.91 Å². The van der Waals surface area contributed by atoms with Gasteiger partial charge in [-0.1, -0.05) is 54.1 Å². The van der Waals surface area contributed by atoms with E-state index < -0.39 is 0 Å². The minimum absolute atomic E-state index is 0.0927. The van der Waals surface area contributed by atoms with Gasteiger partial charge in [-0.25, -0.2) is 0 Å². The fourth-order valence-electron chi connectivity index (χ4n) is 5.30. The Kier molecular flexibility index (Phi) is 6.43. The standard InChI is InChI=1S/C29H33N3O2/c1-21-8-11-24(12-9-21)31-16-17-32-27-19-25(34-2)13-10-23(27)18-26(28(32)20-31)29(33)30-15-14-22-6-4-3-5-7-22/h3-13,19,26,28H,14-18,20H2,1-2H3,(H,30,33)/t26-,28-/m1/s1. The summed E-state index contributed by atoms with van der Waals surface area (Å²) in [5, 5.41) is 3.24. The number of anilines is 2. The third-order valence-corrected chi connectivity index (χ3v) is 7.22. The van der Waals surface area contributed by atoms with E-state index >= 15 is 0 Å². The number of rotatable bonds is 6. The molecule has 0 saturated carbocycles. The van der Waals surface area contributed by atoms with Crippen LogP contribution in [0.4, 0.5) is 11.4 Å². The number of carbonyl (C=O) groups is 1. The van der Waals surface area contributed by atoms with Gasteiger partial charge in [0.1, 0.15) is 5.75 Å². The van der Waals surface area contributed by atoms with Gasteiger partial charge in [-0.15, -0.1) is 0 Å². The van der Waals surface area contributed by atoms with Crippen LogP contribution in [0.5, 0.6) is 5.75 Å². The minimum atomic E-state index is -0.0927. The number of benzene rings is 3. The van der Waals surface area contributed by atoms with Crippen LogP contribution in [0.1, 0.15) is 16.7 Å². The van der Waals surface area contributed by atoms with E-state index in [4.69, 9.17) is 4.74 Å². The van der Waals surface area contributed by atoms with E-state index in [-0.39, 0.29) is 17.9 Å². The van der Waals surface area contributed by atoms with Crippen molar-refractivity contribution >= 4 is 17.3 Å². The molecule has 1 N–H and O–H groups in total. The molecule has 176 valence electrons. The fraction of sp³-hybridized carbons (Fsp3) is 0.345. The molecular weight excluding hydrogens is 422 g/mol. The highest BCUT2D eigenvalue weighted by Crippen LogP contribution is 2.39. The number of fused-ring (bicyclic) bond motifs is 3. The van der Waals surface area contributed by atoms with Crippen LogP contribution >= 0.6 is 0 Å². The average molecular weight is 456 g/mol. The van der Waals surface area contributed by atoms with Crippen molar-refractivity contribution in [1.29, 1.82) is 0 Å². The van der Waals surface area contributed by atoms with Crippen LogP contribution in [-0.4, -0.2) is 45.2 Å². The van der Waals surface area contributed by atoms with Crippen LogP contribution in [0.2, 0.25) is 0 Å². The number of hydrogen-bond donors (Lipinski definition) is 1. The summed E-state index contributed by atoms with van der Waals surface area (Å²) in [5.41, 5.74) is 6.17. The van der Waals surface area contributed by atoms with E-state index in [9.17, 15) is 4.79 Å². The summed E-state index contributed by atoms with van der Waals surface area (Å²) < 4.78 is 5.51. The molecule has 5 rings (SSSR count). The van der Waals surface area contributed by atoms with Gasteiger partial charge in [0.05, 0.1) is 19.1 Å². The molecule has 2 heterocycles. The van der Waals surface area contributed by atoms with Crippen molar-refractivity contribution in [2.45, 2.75) is 25.8 Å². The lowest BCUT2D eigenvalue weighted by molar-refractivity contribution is -0.125. The summed E-state index contributed by atoms with van der Waals surface area (Å²) in [6.45, 7) is 5.41. The maximum Gasteiger partial charge on any atom is 0.225 e. The number of aryl methyl sites for hydroxylation is 1. The largest absolute Gasteiger partial charge is 0.497 e. The van der Waals surface area contributed by atoms with E-state index in [1.54, 1.807) is 7.11 Å². The number of hydrogen-bond acceptors (Lipinski definition) is 4. The van der Waals surface area contributed by atoms with Gasteiger partial charge in [-0.05, 0) is 49.1 Å². The molecule has 2 aliphatic rings. The predicted molar refractivity (Wildman–Crippen MR) is 138 cm³/mol. The van der Waals surface area contributed by atoms with Gasteiger partial charge in [0.25, 0.3) is 0 Å². The summed E-state index contributed by atoms with van der Waals surface area (Å²) in [7, 11) is 1.71. The molecule has 3 aromatic rings. The van der Waals surface area contributed by atoms with Gasteiger partial charge >= 0.3 is 0 Å². The Hall–Kier alpha value is -3.47. The monoisotopic (exact) mass is 455 g/mol. The zero-order valence-corrected chi connectivity index (χ0v) is 20.0. The van der Waals surface area contributed by atoms with E-state index in [1.165, 1.54) is 28.1 Å². The number of nitrogens with zero attached hydrogens (tertiary/aromatic N) is 2. The second-order valence-corrected chi connectivity index (χ2v) is 9.37. The molecule has 0 unspecified atom stereocenters. The highest BCUT2D eigenvalue weighted by Gasteiger charge is 2.41. The summed E-state index contributed by atoms with van der Waals surface area (Å²) in [6, 6.07) is 25.4. The van der Waals surface area contributed by atoms with Gasteiger partial charge in [0, 0.05) is 43.6 Å². The third-order valence-electron chi connectivity index (χ3n) is 7.22. The molecule has 5 heteroatoms. The van der Waals surface area contributed by atoms with Crippen molar-refractivity contribution < 1.29 is 9.53 Å². The molecule has 34 heavy (non-hydrogen) atoms. The third kappa shape index (κ3) is 4.60. The number of amides is 1. The van der Waals surface area contributed by atoms with Crippen molar-refractivity contribution in [3.8, 4) is 5.75 Å². The van der Waals surface area contributed by atoms with E-state index in [0.29, 0.717) is 6.54 Å². The molecule has 2 aliphatic heterocycles. The van der Waals surface area contributed by atoms with Gasteiger partial charge in [-0.3, -0.25) is 4.79 Å². The van der Waals surface area contributed by atoms with Crippen LogP contribution < -0.4 is 19.9 Å². The van der Waals surface area contributed by atoms with Crippen LogP contribution in [0.3, 0.4) is 0 Å². The molecule has 0 aliphatic carbocycles. The summed E-state index contributed by atoms with van der Waals surface area (Å²) in [5.74, 6) is 0.923. The fourth-order valence-corrected chi connectivity index (χ4v) is 5.30. The number of ether oxygens (including phenoxy) is 1. The summed E-state index contributed by atoms with van der Waals surface area (Å²) >= 11 is 0. The molecule has 1 amide bonds. The molecule has 0 aromatic heterocycles. The van der Waals surface area contributed by atoms with Crippen molar-refractivity contribution in [2.75, 3.05) is 43.1 Å². The molecule has 3 aromatic carbocycles. The lowest BCUT2D eigenvalue weighted by Crippen LogP contribution is -2.61. The van der Waals surface area contributed by atoms with E-state index in [2.05, 4.69) is 70.6 Å². The molecular formula is C29H33N3O2. The van der Waals surface area contributed by atoms with Crippen LogP contribution in [0.15, 0.2) is 72.8 Å². The second kappa shape index (κ2) is 9.80. The average Bonchev–Trinajstić information content (AvgIpc) is 2.88. The number of nitrogens with one attached hydrogen (secondary N) is 1. The zero-order chi connectivity index (χ0) is 23.5. The lowest BCUT2D eigenvalue weighted by Gasteiger charge is -2.49. The molecule has 0 bridgehead atoms. The number of carbonyl (C=O) groups excluding carboxylic acids is 1. The molecule has 1 saturated heterocycles. The van der Waals surface area contributed by atoms with E-state index in [0.717, 1.165) is 38.2 Å². The molecule has 1 fully saturated rings. The maximum atomic E-state index is 13.5. The van der Waals surface area contributed by atoms with Crippen molar-refractivity contribution in [1.82, 2.24) is 5.32 Å². The van der Waals surface area contributed by atoms with Gasteiger partial charge in [-0.2, -0.15) is 0 Å². The quantitative estimate of drug-likeness (QED) is 0.604. The highest BCUT2D eigenvalue weighted by molar-refractivity contribution is 5.82. The molecule has 0 radical (unpaired) electrons. The highest BCUT2D eigenvalue weighted by atomic mass is 16.5. The van der Waals surface area contributed by atoms with Crippen LogP contribution in [0.25, 0.3) is 0 Å². The Morgan fingerprint density at radius 2 is 1.82 bits per heavy atom. The first-order valence-electron chi connectivity index (χ1n) is 12.2. The van der Waals surface area contributed by atoms with Crippen LogP contribution in [-0.2, 0) is 17.6 Å². The Labute approximate surface area is 202 Å². The van der Waals surface area contributed by atoms with Crippen molar-refractivity contribution in [3.05, 3.63) is 89.5 Å². The number of piperazine rings is 1. The second-order valence-electron chi connectivity index (χ2n) is 9.37. The van der Waals surface area contributed by atoms with Crippen molar-refractivity contribution in [2.24, 2.45) is 5.92 Å². The van der Waals surface area contributed by atoms with Gasteiger partial charge < -0.3 is 19.9 Å². The van der Waals surface area contributed by atoms with E-state index in [1.807, 2.05) is 24.3 Å². The summed E-state index contributed by atoms with van der Waals surface area (Å²) in [4.78, 5) is 18.3. The zero-order valence-electron chi connectivity index (χ0n) is 20.0. The van der Waals surface area contributed by atoms with Gasteiger partial charge in [0.15, 0.2) is 0 Å². The Balaban J connectivity index is 1.37. The van der Waals surface area contributed by atoms with Crippen molar-refractivity contribution in [3.63, 3.8) is 0 Å². The first kappa shape index (κ1) is 22.3. The maximum absolute atomic E-state index is 13.5. The normalized spacial score (nSPS) is 19.2.